The number of aryl methyl sites for hydroxylation is 1. The van der Waals surface area contributed by atoms with Crippen LogP contribution in [0, 0.1) is 5.41 Å². The van der Waals surface area contributed by atoms with E-state index in [4.69, 9.17) is 0 Å². The second kappa shape index (κ2) is 7.62. The Morgan fingerprint density at radius 2 is 1.75 bits per heavy atom. The van der Waals surface area contributed by atoms with Crippen LogP contribution in [0.4, 0.5) is 11.5 Å². The van der Waals surface area contributed by atoms with E-state index in [0.717, 1.165) is 31.0 Å². The maximum Gasteiger partial charge on any atom is 0.240 e. The van der Waals surface area contributed by atoms with E-state index in [9.17, 15) is 9.59 Å². The molecule has 28 heavy (non-hydrogen) atoms. The molecule has 0 atom stereocenters. The van der Waals surface area contributed by atoms with Crippen molar-refractivity contribution in [1.29, 1.82) is 0 Å². The summed E-state index contributed by atoms with van der Waals surface area (Å²) in [6.45, 7) is 4.81. The number of anilines is 2. The molecular weight excluding hydrogens is 352 g/mol. The van der Waals surface area contributed by atoms with Crippen LogP contribution in [-0.4, -0.2) is 47.9 Å². The fourth-order valence-electron chi connectivity index (χ4n) is 3.72. The number of pyridine rings is 1. The summed E-state index contributed by atoms with van der Waals surface area (Å²) in [5, 5.41) is 2.94. The zero-order valence-electron chi connectivity index (χ0n) is 16.2. The number of hydrogen-bond acceptors (Lipinski definition) is 4. The van der Waals surface area contributed by atoms with Crippen LogP contribution in [-0.2, 0) is 16.0 Å². The van der Waals surface area contributed by atoms with E-state index in [0.29, 0.717) is 25.9 Å². The van der Waals surface area contributed by atoms with Crippen molar-refractivity contribution in [2.24, 2.45) is 5.41 Å². The van der Waals surface area contributed by atoms with Crippen LogP contribution < -0.4 is 10.2 Å². The second-order valence-corrected chi connectivity index (χ2v) is 7.55. The highest BCUT2D eigenvalue weighted by molar-refractivity contribution is 6.13. The fraction of sp³-hybridized carbons (Fsp3) is 0.409. The van der Waals surface area contributed by atoms with Crippen molar-refractivity contribution in [1.82, 2.24) is 9.88 Å². The van der Waals surface area contributed by atoms with Gasteiger partial charge >= 0.3 is 0 Å². The third-order valence-corrected chi connectivity index (χ3v) is 5.75. The van der Waals surface area contributed by atoms with Crippen molar-refractivity contribution in [3.8, 4) is 0 Å². The molecule has 1 saturated heterocycles. The first kappa shape index (κ1) is 18.5. The number of piperazine rings is 1. The van der Waals surface area contributed by atoms with Gasteiger partial charge in [0.25, 0.3) is 0 Å². The van der Waals surface area contributed by atoms with Gasteiger partial charge in [-0.05, 0) is 49.1 Å². The van der Waals surface area contributed by atoms with Crippen molar-refractivity contribution >= 4 is 23.3 Å². The van der Waals surface area contributed by atoms with Gasteiger partial charge in [-0.3, -0.25) is 9.59 Å². The number of carbonyl (C=O) groups excluding carboxylic acids is 2. The Bertz CT molecular complexity index is 839. The fourth-order valence-corrected chi connectivity index (χ4v) is 3.72. The summed E-state index contributed by atoms with van der Waals surface area (Å²) in [5.74, 6) is 0.730. The zero-order valence-corrected chi connectivity index (χ0v) is 16.2. The van der Waals surface area contributed by atoms with Gasteiger partial charge in [0.1, 0.15) is 11.2 Å². The molecule has 6 nitrogen and oxygen atoms in total. The van der Waals surface area contributed by atoms with Crippen LogP contribution in [0.15, 0.2) is 48.7 Å². The van der Waals surface area contributed by atoms with Gasteiger partial charge < -0.3 is 15.1 Å². The Morgan fingerprint density at radius 3 is 2.32 bits per heavy atom. The third kappa shape index (κ3) is 3.59. The monoisotopic (exact) mass is 378 g/mol. The van der Waals surface area contributed by atoms with Crippen LogP contribution in [0.25, 0.3) is 0 Å². The number of carbonyl (C=O) groups is 2. The standard InChI is InChI=1S/C22H26N4O2/c1-2-17-6-8-18(9-7-17)24-20(27)22(10-11-22)21(28)26-15-13-25(14-16-26)19-5-3-4-12-23-19/h3-9,12H,2,10-11,13-16H2,1H3,(H,24,27). The van der Waals surface area contributed by atoms with Crippen LogP contribution in [0.5, 0.6) is 0 Å². The first-order valence-corrected chi connectivity index (χ1v) is 9.98. The Hall–Kier alpha value is -2.89. The Kier molecular flexibility index (Phi) is 5.03. The average molecular weight is 378 g/mol. The molecule has 2 aliphatic rings. The zero-order chi connectivity index (χ0) is 19.6. The van der Waals surface area contributed by atoms with Gasteiger partial charge in [-0.15, -0.1) is 0 Å². The number of hydrogen-bond donors (Lipinski definition) is 1. The molecule has 6 heteroatoms. The summed E-state index contributed by atoms with van der Waals surface area (Å²) in [5.41, 5.74) is 1.10. The lowest BCUT2D eigenvalue weighted by molar-refractivity contribution is -0.142. The lowest BCUT2D eigenvalue weighted by Crippen LogP contribution is -2.52. The van der Waals surface area contributed by atoms with Crippen molar-refractivity contribution in [2.45, 2.75) is 26.2 Å². The molecule has 146 valence electrons. The minimum Gasteiger partial charge on any atom is -0.353 e. The van der Waals surface area contributed by atoms with E-state index in [1.54, 1.807) is 6.20 Å². The molecule has 0 unspecified atom stereocenters. The molecule has 0 spiro atoms. The summed E-state index contributed by atoms with van der Waals surface area (Å²) < 4.78 is 0. The van der Waals surface area contributed by atoms with Crippen LogP contribution in [0.2, 0.25) is 0 Å². The van der Waals surface area contributed by atoms with E-state index in [1.165, 1.54) is 5.56 Å². The number of benzene rings is 1. The number of rotatable bonds is 5. The highest BCUT2D eigenvalue weighted by Gasteiger charge is 2.58. The predicted molar refractivity (Wildman–Crippen MR) is 109 cm³/mol. The molecular formula is C22H26N4O2. The molecule has 1 aliphatic heterocycles. The van der Waals surface area contributed by atoms with E-state index >= 15 is 0 Å². The molecule has 1 aromatic heterocycles. The third-order valence-electron chi connectivity index (χ3n) is 5.75. The summed E-state index contributed by atoms with van der Waals surface area (Å²) in [6.07, 6.45) is 4.00. The minimum absolute atomic E-state index is 0.0316. The van der Waals surface area contributed by atoms with Crippen molar-refractivity contribution < 1.29 is 9.59 Å². The molecule has 2 amide bonds. The van der Waals surface area contributed by atoms with Gasteiger partial charge in [0.15, 0.2) is 0 Å². The molecule has 4 rings (SSSR count). The number of nitrogens with one attached hydrogen (secondary N) is 1. The topological polar surface area (TPSA) is 65.5 Å². The summed E-state index contributed by atoms with van der Waals surface area (Å²) in [7, 11) is 0. The highest BCUT2D eigenvalue weighted by atomic mass is 16.2. The molecule has 1 saturated carbocycles. The van der Waals surface area contributed by atoms with E-state index < -0.39 is 5.41 Å². The lowest BCUT2D eigenvalue weighted by atomic mass is 10.0. The largest absolute Gasteiger partial charge is 0.353 e. The van der Waals surface area contributed by atoms with Gasteiger partial charge in [0.2, 0.25) is 11.8 Å². The Labute approximate surface area is 165 Å². The SMILES string of the molecule is CCc1ccc(NC(=O)C2(C(=O)N3CCN(c4ccccn4)CC3)CC2)cc1. The minimum atomic E-state index is -0.878. The maximum absolute atomic E-state index is 13.1. The summed E-state index contributed by atoms with van der Waals surface area (Å²) in [6, 6.07) is 13.7. The van der Waals surface area contributed by atoms with Gasteiger partial charge in [0, 0.05) is 38.1 Å². The number of aromatic nitrogens is 1. The van der Waals surface area contributed by atoms with Gasteiger partial charge in [-0.25, -0.2) is 4.98 Å². The second-order valence-electron chi connectivity index (χ2n) is 7.55. The van der Waals surface area contributed by atoms with Crippen molar-refractivity contribution in [2.75, 3.05) is 36.4 Å². The van der Waals surface area contributed by atoms with E-state index in [-0.39, 0.29) is 11.8 Å². The first-order valence-electron chi connectivity index (χ1n) is 9.98. The van der Waals surface area contributed by atoms with Gasteiger partial charge in [-0.1, -0.05) is 25.1 Å². The highest BCUT2D eigenvalue weighted by Crippen LogP contribution is 2.48. The van der Waals surface area contributed by atoms with Crippen LogP contribution in [0.3, 0.4) is 0 Å². The first-order chi connectivity index (χ1) is 13.6. The normalized spacial score (nSPS) is 17.9. The van der Waals surface area contributed by atoms with Crippen molar-refractivity contribution in [3.05, 3.63) is 54.2 Å². The Balaban J connectivity index is 1.37. The molecule has 1 aromatic carbocycles. The maximum atomic E-state index is 13.1. The number of amides is 2. The molecule has 1 N–H and O–H groups in total. The summed E-state index contributed by atoms with van der Waals surface area (Å²) in [4.78, 5) is 34.3. The molecule has 2 aromatic rings. The summed E-state index contributed by atoms with van der Waals surface area (Å²) >= 11 is 0. The van der Waals surface area contributed by atoms with E-state index in [2.05, 4.69) is 22.1 Å². The van der Waals surface area contributed by atoms with Crippen LogP contribution in [0.1, 0.15) is 25.3 Å². The number of nitrogens with zero attached hydrogens (tertiary/aromatic N) is 3. The molecule has 0 radical (unpaired) electrons. The van der Waals surface area contributed by atoms with Crippen molar-refractivity contribution in [3.63, 3.8) is 0 Å². The molecule has 2 heterocycles. The van der Waals surface area contributed by atoms with Crippen LogP contribution >= 0.6 is 0 Å². The average Bonchev–Trinajstić information content (AvgIpc) is 3.57. The predicted octanol–water partition coefficient (Wildman–Crippen LogP) is 2.71. The quantitative estimate of drug-likeness (QED) is 0.813. The van der Waals surface area contributed by atoms with Gasteiger partial charge in [-0.2, -0.15) is 0 Å². The smallest absolute Gasteiger partial charge is 0.240 e. The molecule has 1 aliphatic carbocycles. The molecule has 2 fully saturated rings. The lowest BCUT2D eigenvalue weighted by Gasteiger charge is -2.36. The van der Waals surface area contributed by atoms with Gasteiger partial charge in [0.05, 0.1) is 0 Å². The van der Waals surface area contributed by atoms with E-state index in [1.807, 2.05) is 47.4 Å². The Morgan fingerprint density at radius 1 is 1.04 bits per heavy atom. The molecule has 0 bridgehead atoms.